The number of fused-ring (bicyclic) bond motifs is 1. The summed E-state index contributed by atoms with van der Waals surface area (Å²) >= 11 is 0. The third kappa shape index (κ3) is 5.21. The molecule has 0 aromatic heterocycles. The zero-order chi connectivity index (χ0) is 24.6. The molecule has 0 aromatic rings. The Balaban J connectivity index is 1.40. The number of carbonyl (C=O) groups excluding carboxylic acids is 3. The van der Waals surface area contributed by atoms with Crippen LogP contribution in [0.15, 0.2) is 0 Å². The van der Waals surface area contributed by atoms with Crippen molar-refractivity contribution in [3.05, 3.63) is 0 Å². The van der Waals surface area contributed by atoms with Gasteiger partial charge in [0.05, 0.1) is 24.3 Å². The molecule has 1 N–H and O–H groups in total. The van der Waals surface area contributed by atoms with E-state index in [1.165, 1.54) is 0 Å². The van der Waals surface area contributed by atoms with E-state index in [0.29, 0.717) is 37.9 Å². The number of nitrogens with zero attached hydrogens (tertiary/aromatic N) is 3. The zero-order valence-electron chi connectivity index (χ0n) is 21.3. The van der Waals surface area contributed by atoms with E-state index in [9.17, 15) is 19.5 Å². The maximum Gasteiger partial charge on any atom is 0.410 e. The van der Waals surface area contributed by atoms with Crippen molar-refractivity contribution in [3.63, 3.8) is 0 Å². The average molecular weight is 478 g/mol. The van der Waals surface area contributed by atoms with Crippen LogP contribution in [0.25, 0.3) is 0 Å². The summed E-state index contributed by atoms with van der Waals surface area (Å²) in [7, 11) is 0. The molecule has 34 heavy (non-hydrogen) atoms. The number of piperazine rings is 1. The van der Waals surface area contributed by atoms with Crippen LogP contribution < -0.4 is 0 Å². The monoisotopic (exact) mass is 477 g/mol. The van der Waals surface area contributed by atoms with Crippen LogP contribution in [0.4, 0.5) is 4.79 Å². The number of β-amino-alcohol motifs (C(OH)–C–C–N with tert-alkyl or cyclic N) is 1. The van der Waals surface area contributed by atoms with Crippen molar-refractivity contribution in [2.24, 2.45) is 17.8 Å². The first-order valence-corrected chi connectivity index (χ1v) is 13.4. The van der Waals surface area contributed by atoms with Gasteiger partial charge in [-0.15, -0.1) is 0 Å². The number of hydrogen-bond acceptors (Lipinski definition) is 5. The maximum absolute atomic E-state index is 13.0. The predicted octanol–water partition coefficient (Wildman–Crippen LogP) is 3.02. The fourth-order valence-electron chi connectivity index (χ4n) is 7.15. The molecule has 3 unspecified atom stereocenters. The minimum absolute atomic E-state index is 0.00413. The summed E-state index contributed by atoms with van der Waals surface area (Å²) in [6.45, 7) is 9.09. The lowest BCUT2D eigenvalue weighted by Crippen LogP contribution is -2.67. The molecule has 5 atom stereocenters. The van der Waals surface area contributed by atoms with Crippen molar-refractivity contribution in [3.8, 4) is 0 Å². The number of aliphatic hydroxyl groups excluding tert-OH is 1. The van der Waals surface area contributed by atoms with E-state index < -0.39 is 0 Å². The highest BCUT2D eigenvalue weighted by molar-refractivity contribution is 5.79. The first-order valence-electron chi connectivity index (χ1n) is 13.4. The molecule has 0 radical (unpaired) electrons. The van der Waals surface area contributed by atoms with E-state index in [0.717, 1.165) is 44.9 Å². The van der Waals surface area contributed by atoms with Gasteiger partial charge in [-0.2, -0.15) is 0 Å². The van der Waals surface area contributed by atoms with Gasteiger partial charge < -0.3 is 24.5 Å². The molecule has 8 nitrogen and oxygen atoms in total. The molecule has 2 heterocycles. The molecule has 2 aliphatic heterocycles. The van der Waals surface area contributed by atoms with Crippen LogP contribution in [0.1, 0.15) is 79.1 Å². The lowest BCUT2D eigenvalue weighted by molar-refractivity contribution is -0.142. The van der Waals surface area contributed by atoms with Gasteiger partial charge in [-0.25, -0.2) is 4.79 Å². The Labute approximate surface area is 204 Å². The highest BCUT2D eigenvalue weighted by Gasteiger charge is 2.48. The van der Waals surface area contributed by atoms with Gasteiger partial charge in [-0.05, 0) is 84.0 Å². The first kappa shape index (κ1) is 25.3. The Morgan fingerprint density at radius 1 is 0.912 bits per heavy atom. The zero-order valence-corrected chi connectivity index (χ0v) is 21.3. The van der Waals surface area contributed by atoms with Crippen molar-refractivity contribution >= 4 is 17.9 Å². The molecule has 0 bridgehead atoms. The third-order valence-corrected chi connectivity index (χ3v) is 8.71. The van der Waals surface area contributed by atoms with Crippen molar-refractivity contribution in [2.45, 2.75) is 109 Å². The van der Waals surface area contributed by atoms with E-state index in [4.69, 9.17) is 4.74 Å². The Morgan fingerprint density at radius 2 is 1.59 bits per heavy atom. The van der Waals surface area contributed by atoms with Crippen LogP contribution in [0.2, 0.25) is 0 Å². The van der Waals surface area contributed by atoms with Crippen LogP contribution in [0.5, 0.6) is 0 Å². The quantitative estimate of drug-likeness (QED) is 0.675. The van der Waals surface area contributed by atoms with E-state index >= 15 is 0 Å². The van der Waals surface area contributed by atoms with Crippen LogP contribution in [0, 0.1) is 17.8 Å². The van der Waals surface area contributed by atoms with Gasteiger partial charge in [0.25, 0.3) is 0 Å². The summed E-state index contributed by atoms with van der Waals surface area (Å²) in [6.07, 6.45) is 6.67. The average Bonchev–Trinajstić information content (AvgIpc) is 3.23. The molecular weight excluding hydrogens is 434 g/mol. The summed E-state index contributed by atoms with van der Waals surface area (Å²) < 4.78 is 5.58. The number of amides is 3. The molecule has 0 aromatic carbocycles. The smallest absolute Gasteiger partial charge is 0.410 e. The molecule has 2 saturated heterocycles. The van der Waals surface area contributed by atoms with Crippen LogP contribution >= 0.6 is 0 Å². The Morgan fingerprint density at radius 3 is 2.18 bits per heavy atom. The van der Waals surface area contributed by atoms with Crippen LogP contribution in [-0.4, -0.2) is 87.7 Å². The van der Waals surface area contributed by atoms with Crippen molar-refractivity contribution in [2.75, 3.05) is 19.6 Å². The molecule has 2 saturated carbocycles. The number of carbonyl (C=O) groups is 3. The second-order valence-corrected chi connectivity index (χ2v) is 11.4. The highest BCUT2D eigenvalue weighted by atomic mass is 16.6. The SMILES string of the molecule is CC(=O)N1C2CCC(C3CCC(C(=O)N4CC[C@H](O)C4)CC3)CC2N(C(=O)OC(C)C)C[C@@H]1C. The van der Waals surface area contributed by atoms with E-state index in [-0.39, 0.29) is 54.2 Å². The second kappa shape index (κ2) is 10.4. The number of aliphatic hydroxyl groups is 1. The molecule has 192 valence electrons. The van der Waals surface area contributed by atoms with Gasteiger partial charge in [-0.3, -0.25) is 9.59 Å². The lowest BCUT2D eigenvalue weighted by atomic mass is 9.68. The van der Waals surface area contributed by atoms with Crippen LogP contribution in [-0.2, 0) is 14.3 Å². The van der Waals surface area contributed by atoms with Gasteiger partial charge >= 0.3 is 6.09 Å². The summed E-state index contributed by atoms with van der Waals surface area (Å²) in [5.74, 6) is 1.45. The van der Waals surface area contributed by atoms with Gasteiger partial charge in [0, 0.05) is 38.5 Å². The predicted molar refractivity (Wildman–Crippen MR) is 128 cm³/mol. The Bertz CT molecular complexity index is 766. The molecule has 3 amide bonds. The van der Waals surface area contributed by atoms with Crippen LogP contribution in [0.3, 0.4) is 0 Å². The van der Waals surface area contributed by atoms with Gasteiger partial charge in [-0.1, -0.05) is 0 Å². The first-order chi connectivity index (χ1) is 16.2. The molecule has 2 aliphatic carbocycles. The van der Waals surface area contributed by atoms with E-state index in [2.05, 4.69) is 0 Å². The number of ether oxygens (including phenoxy) is 1. The fourth-order valence-corrected chi connectivity index (χ4v) is 7.15. The van der Waals surface area contributed by atoms with Crippen molar-refractivity contribution < 1.29 is 24.2 Å². The van der Waals surface area contributed by atoms with Gasteiger partial charge in [0.1, 0.15) is 0 Å². The standard InChI is InChI=1S/C26H43N3O5/c1-16(2)34-26(33)28-14-17(3)29(18(4)30)23-10-9-21(13-24(23)28)19-5-7-20(8-6-19)25(32)27-12-11-22(31)15-27/h16-17,19-24,31H,5-15H2,1-4H3/t17-,19?,20?,21?,22-,23?,24?/m0/s1. The van der Waals surface area contributed by atoms with Gasteiger partial charge in [0.15, 0.2) is 0 Å². The third-order valence-electron chi connectivity index (χ3n) is 8.71. The maximum atomic E-state index is 13.0. The summed E-state index contributed by atoms with van der Waals surface area (Å²) in [4.78, 5) is 44.1. The lowest BCUT2D eigenvalue weighted by Gasteiger charge is -2.54. The molecule has 4 aliphatic rings. The van der Waals surface area contributed by atoms with E-state index in [1.807, 2.05) is 35.5 Å². The highest BCUT2D eigenvalue weighted by Crippen LogP contribution is 2.44. The molecular formula is C26H43N3O5. The number of hydrogen-bond donors (Lipinski definition) is 1. The van der Waals surface area contributed by atoms with Gasteiger partial charge in [0.2, 0.25) is 11.8 Å². The molecule has 8 heteroatoms. The second-order valence-electron chi connectivity index (χ2n) is 11.4. The fraction of sp³-hybridized carbons (Fsp3) is 0.885. The summed E-state index contributed by atoms with van der Waals surface area (Å²) in [5, 5.41) is 9.78. The topological polar surface area (TPSA) is 90.4 Å². The van der Waals surface area contributed by atoms with Crippen molar-refractivity contribution in [1.82, 2.24) is 14.7 Å². The summed E-state index contributed by atoms with van der Waals surface area (Å²) in [5.41, 5.74) is 0. The normalized spacial score (nSPS) is 36.4. The minimum atomic E-state index is -0.367. The number of rotatable bonds is 3. The minimum Gasteiger partial charge on any atom is -0.447 e. The summed E-state index contributed by atoms with van der Waals surface area (Å²) in [6, 6.07) is 0.0350. The van der Waals surface area contributed by atoms with Crippen molar-refractivity contribution in [1.29, 1.82) is 0 Å². The number of likely N-dealkylation sites (tertiary alicyclic amines) is 1. The molecule has 4 fully saturated rings. The largest absolute Gasteiger partial charge is 0.447 e. The Kier molecular flexibility index (Phi) is 7.75. The Hall–Kier alpha value is -1.83. The molecule has 0 spiro atoms. The van der Waals surface area contributed by atoms with E-state index in [1.54, 1.807) is 6.92 Å². The molecule has 4 rings (SSSR count).